The van der Waals surface area contributed by atoms with Gasteiger partial charge in [0.25, 0.3) is 0 Å². The molecule has 4 rings (SSSR count). The molecular formula is C23H24N2O. The van der Waals surface area contributed by atoms with E-state index in [2.05, 4.69) is 34.1 Å². The Bertz CT molecular complexity index is 820. The normalized spacial score (nSPS) is 17.8. The lowest BCUT2D eigenvalue weighted by atomic mass is 9.96. The number of piperidine rings is 1. The molecule has 0 spiro atoms. The lowest BCUT2D eigenvalue weighted by Gasteiger charge is -2.36. The molecule has 0 amide bonds. The van der Waals surface area contributed by atoms with Gasteiger partial charge in [0.05, 0.1) is 0 Å². The molecule has 1 unspecified atom stereocenters. The highest BCUT2D eigenvalue weighted by Gasteiger charge is 2.24. The maximum Gasteiger partial charge on any atom is 0.127 e. The first kappa shape index (κ1) is 16.8. The van der Waals surface area contributed by atoms with Crippen LogP contribution in [0.1, 0.15) is 36.4 Å². The Morgan fingerprint density at radius 2 is 1.81 bits per heavy atom. The van der Waals surface area contributed by atoms with Gasteiger partial charge in [0.1, 0.15) is 11.5 Å². The summed E-state index contributed by atoms with van der Waals surface area (Å²) in [6.07, 6.45) is 7.61. The molecule has 3 nitrogen and oxygen atoms in total. The maximum atomic E-state index is 5.99. The summed E-state index contributed by atoms with van der Waals surface area (Å²) in [7, 11) is 0. The highest BCUT2D eigenvalue weighted by atomic mass is 16.5. The standard InChI is InChI=1S/C23H24N2O/c1-2-10-21(11-3-1)26-22-12-6-8-19(16-22)18-25-15-5-4-13-23(25)20-9-7-14-24-17-20/h1-3,6-12,14,16-17,23H,4-5,13,15,18H2. The second kappa shape index (κ2) is 8.15. The van der Waals surface area contributed by atoms with E-state index in [0.717, 1.165) is 24.6 Å². The number of rotatable bonds is 5. The summed E-state index contributed by atoms with van der Waals surface area (Å²) in [5.74, 6) is 1.76. The summed E-state index contributed by atoms with van der Waals surface area (Å²) in [6.45, 7) is 2.06. The average molecular weight is 344 g/mol. The Morgan fingerprint density at radius 1 is 0.923 bits per heavy atom. The first-order chi connectivity index (χ1) is 12.9. The molecule has 3 heteroatoms. The van der Waals surface area contributed by atoms with Gasteiger partial charge in [-0.05, 0) is 60.8 Å². The molecule has 0 aliphatic carbocycles. The van der Waals surface area contributed by atoms with Crippen molar-refractivity contribution >= 4 is 0 Å². The van der Waals surface area contributed by atoms with Crippen LogP contribution in [0, 0.1) is 0 Å². The van der Waals surface area contributed by atoms with Gasteiger partial charge in [0.15, 0.2) is 0 Å². The zero-order valence-corrected chi connectivity index (χ0v) is 14.9. The zero-order valence-electron chi connectivity index (χ0n) is 14.9. The Balaban J connectivity index is 1.49. The minimum Gasteiger partial charge on any atom is -0.457 e. The van der Waals surface area contributed by atoms with Gasteiger partial charge in [-0.2, -0.15) is 0 Å². The Kier molecular flexibility index (Phi) is 5.27. The molecule has 1 saturated heterocycles. The molecule has 1 aromatic heterocycles. The number of likely N-dealkylation sites (tertiary alicyclic amines) is 1. The first-order valence-electron chi connectivity index (χ1n) is 9.34. The third-order valence-corrected chi connectivity index (χ3v) is 4.95. The summed E-state index contributed by atoms with van der Waals surface area (Å²) < 4.78 is 5.99. The van der Waals surface area contributed by atoms with Crippen molar-refractivity contribution in [2.24, 2.45) is 0 Å². The molecule has 132 valence electrons. The molecule has 1 aliphatic heterocycles. The molecule has 1 atom stereocenters. The molecule has 3 aromatic rings. The predicted octanol–water partition coefficient (Wildman–Crippen LogP) is 5.60. The molecule has 2 heterocycles. The number of para-hydroxylation sites is 1. The molecular weight excluding hydrogens is 320 g/mol. The van der Waals surface area contributed by atoms with Crippen molar-refractivity contribution in [2.45, 2.75) is 31.8 Å². The van der Waals surface area contributed by atoms with Crippen molar-refractivity contribution in [3.8, 4) is 11.5 Å². The van der Waals surface area contributed by atoms with E-state index in [4.69, 9.17) is 4.74 Å². The van der Waals surface area contributed by atoms with Crippen LogP contribution in [0.2, 0.25) is 0 Å². The van der Waals surface area contributed by atoms with Crippen LogP contribution in [0.15, 0.2) is 79.1 Å². The van der Waals surface area contributed by atoms with Crippen molar-refractivity contribution in [1.82, 2.24) is 9.88 Å². The molecule has 26 heavy (non-hydrogen) atoms. The van der Waals surface area contributed by atoms with Crippen molar-refractivity contribution in [2.75, 3.05) is 6.54 Å². The van der Waals surface area contributed by atoms with Gasteiger partial charge in [0.2, 0.25) is 0 Å². The second-order valence-electron chi connectivity index (χ2n) is 6.83. The van der Waals surface area contributed by atoms with Crippen molar-refractivity contribution in [3.63, 3.8) is 0 Å². The van der Waals surface area contributed by atoms with E-state index in [1.807, 2.05) is 54.9 Å². The molecule has 0 radical (unpaired) electrons. The monoisotopic (exact) mass is 344 g/mol. The minimum absolute atomic E-state index is 0.455. The molecule has 0 bridgehead atoms. The zero-order chi connectivity index (χ0) is 17.6. The summed E-state index contributed by atoms with van der Waals surface area (Å²) >= 11 is 0. The Hall–Kier alpha value is -2.65. The molecule has 2 aromatic carbocycles. The Morgan fingerprint density at radius 3 is 2.65 bits per heavy atom. The maximum absolute atomic E-state index is 5.99. The fourth-order valence-corrected chi connectivity index (χ4v) is 3.70. The lowest BCUT2D eigenvalue weighted by Crippen LogP contribution is -2.32. The van der Waals surface area contributed by atoms with Crippen molar-refractivity contribution in [3.05, 3.63) is 90.3 Å². The van der Waals surface area contributed by atoms with Crippen LogP contribution in [0.25, 0.3) is 0 Å². The van der Waals surface area contributed by atoms with Gasteiger partial charge in [-0.1, -0.05) is 42.8 Å². The number of nitrogens with zero attached hydrogens (tertiary/aromatic N) is 2. The smallest absolute Gasteiger partial charge is 0.127 e. The summed E-state index contributed by atoms with van der Waals surface area (Å²) in [4.78, 5) is 6.89. The van der Waals surface area contributed by atoms with Gasteiger partial charge < -0.3 is 4.74 Å². The van der Waals surface area contributed by atoms with Gasteiger partial charge in [-0.3, -0.25) is 9.88 Å². The molecule has 1 aliphatic rings. The van der Waals surface area contributed by atoms with Gasteiger partial charge in [0, 0.05) is 25.0 Å². The number of benzene rings is 2. The first-order valence-corrected chi connectivity index (χ1v) is 9.34. The van der Waals surface area contributed by atoms with E-state index in [0.29, 0.717) is 6.04 Å². The van der Waals surface area contributed by atoms with E-state index in [1.54, 1.807) is 0 Å². The second-order valence-corrected chi connectivity index (χ2v) is 6.83. The average Bonchev–Trinajstić information content (AvgIpc) is 2.70. The van der Waals surface area contributed by atoms with Gasteiger partial charge in [-0.15, -0.1) is 0 Å². The van der Waals surface area contributed by atoms with Crippen molar-refractivity contribution < 1.29 is 4.74 Å². The fourth-order valence-electron chi connectivity index (χ4n) is 3.70. The van der Waals surface area contributed by atoms with Crippen LogP contribution in [0.5, 0.6) is 11.5 Å². The molecule has 0 saturated carbocycles. The van der Waals surface area contributed by atoms with Crippen LogP contribution in [-0.2, 0) is 6.54 Å². The van der Waals surface area contributed by atoms with E-state index in [1.165, 1.54) is 30.4 Å². The van der Waals surface area contributed by atoms with Crippen LogP contribution in [-0.4, -0.2) is 16.4 Å². The van der Waals surface area contributed by atoms with E-state index < -0.39 is 0 Å². The van der Waals surface area contributed by atoms with Crippen molar-refractivity contribution in [1.29, 1.82) is 0 Å². The van der Waals surface area contributed by atoms with E-state index in [-0.39, 0.29) is 0 Å². The third-order valence-electron chi connectivity index (χ3n) is 4.95. The number of aromatic nitrogens is 1. The largest absolute Gasteiger partial charge is 0.457 e. The summed E-state index contributed by atoms with van der Waals surface area (Å²) in [6, 6.07) is 23.1. The SMILES string of the molecule is c1ccc(Oc2cccc(CN3CCCCC3c3cccnc3)c2)cc1. The number of hydrogen-bond donors (Lipinski definition) is 0. The van der Waals surface area contributed by atoms with Gasteiger partial charge in [-0.25, -0.2) is 0 Å². The minimum atomic E-state index is 0.455. The molecule has 1 fully saturated rings. The van der Waals surface area contributed by atoms with Crippen LogP contribution in [0.3, 0.4) is 0 Å². The topological polar surface area (TPSA) is 25.4 Å². The fraction of sp³-hybridized carbons (Fsp3) is 0.261. The van der Waals surface area contributed by atoms with Crippen LogP contribution in [0.4, 0.5) is 0 Å². The number of ether oxygens (including phenoxy) is 1. The quantitative estimate of drug-likeness (QED) is 0.602. The Labute approximate surface area is 155 Å². The number of hydrogen-bond acceptors (Lipinski definition) is 3. The van der Waals surface area contributed by atoms with Crippen LogP contribution < -0.4 is 4.74 Å². The highest BCUT2D eigenvalue weighted by molar-refractivity contribution is 5.34. The summed E-state index contributed by atoms with van der Waals surface area (Å²) in [5.41, 5.74) is 2.61. The van der Waals surface area contributed by atoms with Gasteiger partial charge >= 0.3 is 0 Å². The van der Waals surface area contributed by atoms with Crippen LogP contribution >= 0.6 is 0 Å². The highest BCUT2D eigenvalue weighted by Crippen LogP contribution is 2.32. The lowest BCUT2D eigenvalue weighted by molar-refractivity contribution is 0.140. The summed E-state index contributed by atoms with van der Waals surface area (Å²) in [5, 5.41) is 0. The third kappa shape index (κ3) is 4.12. The number of pyridine rings is 1. The van der Waals surface area contributed by atoms with E-state index in [9.17, 15) is 0 Å². The van der Waals surface area contributed by atoms with E-state index >= 15 is 0 Å². The molecule has 0 N–H and O–H groups in total. The predicted molar refractivity (Wildman–Crippen MR) is 104 cm³/mol.